The molecule has 0 radical (unpaired) electrons. The van der Waals surface area contributed by atoms with E-state index in [1.165, 1.54) is 0 Å². The lowest BCUT2D eigenvalue weighted by molar-refractivity contribution is 0.556. The third-order valence-electron chi connectivity index (χ3n) is 1.95. The first-order valence-electron chi connectivity index (χ1n) is 4.41. The predicted molar refractivity (Wildman–Crippen MR) is 56.8 cm³/mol. The Hall–Kier alpha value is -0.570. The highest BCUT2D eigenvalue weighted by atomic mass is 35.5. The molecule has 13 heavy (non-hydrogen) atoms. The average Bonchev–Trinajstić information content (AvgIpc) is 2.16. The van der Waals surface area contributed by atoms with Crippen molar-refractivity contribution in [3.8, 4) is 0 Å². The van der Waals surface area contributed by atoms with Gasteiger partial charge in [0.1, 0.15) is 0 Å². The molecule has 3 heteroatoms. The largest absolute Gasteiger partial charge is 0.329 e. The number of nitrogens with one attached hydrogen (secondary N) is 1. The summed E-state index contributed by atoms with van der Waals surface area (Å²) in [6.07, 6.45) is 0. The summed E-state index contributed by atoms with van der Waals surface area (Å²) >= 11 is 5.98. The maximum absolute atomic E-state index is 5.98. The topological polar surface area (TPSA) is 38.0 Å². The van der Waals surface area contributed by atoms with Crippen LogP contribution in [0, 0.1) is 0 Å². The van der Waals surface area contributed by atoms with Crippen LogP contribution in [0.3, 0.4) is 0 Å². The van der Waals surface area contributed by atoms with E-state index in [9.17, 15) is 0 Å². The summed E-state index contributed by atoms with van der Waals surface area (Å²) < 4.78 is 0. The third-order valence-corrected chi connectivity index (χ3v) is 2.32. The van der Waals surface area contributed by atoms with Crippen molar-refractivity contribution in [2.45, 2.75) is 19.5 Å². The van der Waals surface area contributed by atoms with E-state index in [-0.39, 0.29) is 0 Å². The normalized spacial score (nSPS) is 12.8. The van der Waals surface area contributed by atoms with Gasteiger partial charge >= 0.3 is 0 Å². The van der Waals surface area contributed by atoms with Crippen molar-refractivity contribution in [2.75, 3.05) is 6.54 Å². The summed E-state index contributed by atoms with van der Waals surface area (Å²) in [6.45, 7) is 3.47. The van der Waals surface area contributed by atoms with E-state index >= 15 is 0 Å². The Morgan fingerprint density at radius 1 is 1.46 bits per heavy atom. The highest BCUT2D eigenvalue weighted by molar-refractivity contribution is 6.31. The SMILES string of the molecule is CC(CN)NCc1ccccc1Cl. The second-order valence-electron chi connectivity index (χ2n) is 3.11. The van der Waals surface area contributed by atoms with Crippen molar-refractivity contribution in [3.63, 3.8) is 0 Å². The number of benzene rings is 1. The van der Waals surface area contributed by atoms with Crippen LogP contribution in [-0.4, -0.2) is 12.6 Å². The van der Waals surface area contributed by atoms with Gasteiger partial charge in [-0.1, -0.05) is 29.8 Å². The van der Waals surface area contributed by atoms with E-state index in [4.69, 9.17) is 17.3 Å². The van der Waals surface area contributed by atoms with Crippen LogP contribution >= 0.6 is 11.6 Å². The van der Waals surface area contributed by atoms with Gasteiger partial charge in [0.05, 0.1) is 0 Å². The molecule has 3 N–H and O–H groups in total. The molecule has 1 aromatic carbocycles. The van der Waals surface area contributed by atoms with Crippen LogP contribution in [-0.2, 0) is 6.54 Å². The molecule has 1 aromatic rings. The fraction of sp³-hybridized carbons (Fsp3) is 0.400. The lowest BCUT2D eigenvalue weighted by atomic mass is 10.2. The fourth-order valence-corrected chi connectivity index (χ4v) is 1.21. The van der Waals surface area contributed by atoms with Crippen molar-refractivity contribution in [1.29, 1.82) is 0 Å². The summed E-state index contributed by atoms with van der Waals surface area (Å²) in [5.74, 6) is 0. The zero-order chi connectivity index (χ0) is 9.68. The van der Waals surface area contributed by atoms with E-state index in [1.54, 1.807) is 0 Å². The van der Waals surface area contributed by atoms with Gasteiger partial charge in [0.25, 0.3) is 0 Å². The van der Waals surface area contributed by atoms with E-state index in [2.05, 4.69) is 12.2 Å². The standard InChI is InChI=1S/C10H15ClN2/c1-8(6-12)13-7-9-4-2-3-5-10(9)11/h2-5,8,13H,6-7,12H2,1H3. The number of nitrogens with two attached hydrogens (primary N) is 1. The van der Waals surface area contributed by atoms with Gasteiger partial charge in [0, 0.05) is 24.2 Å². The number of halogens is 1. The van der Waals surface area contributed by atoms with Crippen LogP contribution < -0.4 is 11.1 Å². The number of rotatable bonds is 4. The molecule has 0 amide bonds. The van der Waals surface area contributed by atoms with Crippen molar-refractivity contribution in [3.05, 3.63) is 34.9 Å². The van der Waals surface area contributed by atoms with Gasteiger partial charge in [0.2, 0.25) is 0 Å². The minimum Gasteiger partial charge on any atom is -0.329 e. The molecule has 72 valence electrons. The van der Waals surface area contributed by atoms with E-state index in [1.807, 2.05) is 24.3 Å². The maximum atomic E-state index is 5.98. The first kappa shape index (κ1) is 10.5. The molecule has 2 nitrogen and oxygen atoms in total. The molecule has 0 aliphatic rings. The Morgan fingerprint density at radius 3 is 2.77 bits per heavy atom. The first-order valence-corrected chi connectivity index (χ1v) is 4.78. The smallest absolute Gasteiger partial charge is 0.0450 e. The summed E-state index contributed by atoms with van der Waals surface area (Å²) in [7, 11) is 0. The third kappa shape index (κ3) is 3.35. The Kier molecular flexibility index (Phi) is 4.22. The van der Waals surface area contributed by atoms with Crippen molar-refractivity contribution in [2.24, 2.45) is 5.73 Å². The Balaban J connectivity index is 2.50. The molecule has 0 aromatic heterocycles. The van der Waals surface area contributed by atoms with E-state index in [0.29, 0.717) is 12.6 Å². The molecule has 0 bridgehead atoms. The monoisotopic (exact) mass is 198 g/mol. The molecule has 0 heterocycles. The first-order chi connectivity index (χ1) is 6.24. The van der Waals surface area contributed by atoms with Crippen molar-refractivity contribution in [1.82, 2.24) is 5.32 Å². The Morgan fingerprint density at radius 2 is 2.15 bits per heavy atom. The van der Waals surface area contributed by atoms with Crippen molar-refractivity contribution < 1.29 is 0 Å². The lowest BCUT2D eigenvalue weighted by Gasteiger charge is -2.11. The second kappa shape index (κ2) is 5.22. The predicted octanol–water partition coefficient (Wildman–Crippen LogP) is 1.78. The zero-order valence-corrected chi connectivity index (χ0v) is 8.51. The average molecular weight is 199 g/mol. The summed E-state index contributed by atoms with van der Waals surface area (Å²) in [4.78, 5) is 0. The summed E-state index contributed by atoms with van der Waals surface area (Å²) in [5.41, 5.74) is 6.59. The number of hydrogen-bond donors (Lipinski definition) is 2. The van der Waals surface area contributed by atoms with E-state index < -0.39 is 0 Å². The minimum absolute atomic E-state index is 0.330. The van der Waals surface area contributed by atoms with Gasteiger partial charge in [-0.15, -0.1) is 0 Å². The molecule has 0 saturated carbocycles. The van der Waals surface area contributed by atoms with Gasteiger partial charge < -0.3 is 11.1 Å². The second-order valence-corrected chi connectivity index (χ2v) is 3.52. The molecule has 1 atom stereocenters. The van der Waals surface area contributed by atoms with Crippen LogP contribution in [0.4, 0.5) is 0 Å². The molecule has 0 fully saturated rings. The van der Waals surface area contributed by atoms with Gasteiger partial charge in [0.15, 0.2) is 0 Å². The van der Waals surface area contributed by atoms with Gasteiger partial charge in [-0.25, -0.2) is 0 Å². The van der Waals surface area contributed by atoms with Crippen LogP contribution in [0.15, 0.2) is 24.3 Å². The summed E-state index contributed by atoms with van der Waals surface area (Å²) in [5, 5.41) is 4.08. The van der Waals surface area contributed by atoms with Crippen molar-refractivity contribution >= 4 is 11.6 Å². The number of hydrogen-bond acceptors (Lipinski definition) is 2. The molecular weight excluding hydrogens is 184 g/mol. The highest BCUT2D eigenvalue weighted by Crippen LogP contribution is 2.14. The van der Waals surface area contributed by atoms with E-state index in [0.717, 1.165) is 17.1 Å². The van der Waals surface area contributed by atoms with Crippen LogP contribution in [0.2, 0.25) is 5.02 Å². The highest BCUT2D eigenvalue weighted by Gasteiger charge is 2.00. The molecule has 0 saturated heterocycles. The Labute approximate surface area is 84.1 Å². The maximum Gasteiger partial charge on any atom is 0.0450 e. The lowest BCUT2D eigenvalue weighted by Crippen LogP contribution is -2.32. The van der Waals surface area contributed by atoms with Gasteiger partial charge in [-0.05, 0) is 18.6 Å². The summed E-state index contributed by atoms with van der Waals surface area (Å²) in [6, 6.07) is 8.15. The molecule has 1 unspecified atom stereocenters. The molecule has 1 rings (SSSR count). The molecule has 0 spiro atoms. The Bertz CT molecular complexity index is 263. The fourth-order valence-electron chi connectivity index (χ4n) is 1.01. The van der Waals surface area contributed by atoms with Crippen LogP contribution in [0.5, 0.6) is 0 Å². The van der Waals surface area contributed by atoms with Crippen LogP contribution in [0.1, 0.15) is 12.5 Å². The van der Waals surface area contributed by atoms with Crippen LogP contribution in [0.25, 0.3) is 0 Å². The zero-order valence-electron chi connectivity index (χ0n) is 7.76. The molecule has 0 aliphatic heterocycles. The van der Waals surface area contributed by atoms with Gasteiger partial charge in [-0.3, -0.25) is 0 Å². The quantitative estimate of drug-likeness (QED) is 0.774. The molecular formula is C10H15ClN2. The van der Waals surface area contributed by atoms with Gasteiger partial charge in [-0.2, -0.15) is 0 Å². The minimum atomic E-state index is 0.330. The molecule has 0 aliphatic carbocycles.